The first kappa shape index (κ1) is 15.9. The van der Waals surface area contributed by atoms with Gasteiger partial charge in [0.05, 0.1) is 0 Å². The average molecular weight is 332 g/mol. The molecule has 2 aromatic rings. The standard InChI is InChI=1S/C14H8F4OS2/c15-11-3-1-2-4-13(11)20-12-6-5-10(7-9(12)8-19)21-14(16,17)18/h1-8H. The molecule has 0 atom stereocenters. The van der Waals surface area contributed by atoms with E-state index in [0.717, 1.165) is 17.8 Å². The van der Waals surface area contributed by atoms with Crippen molar-refractivity contribution in [1.29, 1.82) is 0 Å². The number of alkyl halides is 3. The molecule has 0 N–H and O–H groups in total. The molecule has 0 spiro atoms. The van der Waals surface area contributed by atoms with E-state index < -0.39 is 11.3 Å². The summed E-state index contributed by atoms with van der Waals surface area (Å²) in [6, 6.07) is 9.77. The van der Waals surface area contributed by atoms with Gasteiger partial charge in [-0.1, -0.05) is 23.9 Å². The first-order chi connectivity index (χ1) is 9.89. The molecule has 0 aliphatic heterocycles. The van der Waals surface area contributed by atoms with Crippen molar-refractivity contribution < 1.29 is 22.4 Å². The highest BCUT2D eigenvalue weighted by Crippen LogP contribution is 2.39. The van der Waals surface area contributed by atoms with Crippen LogP contribution in [0.15, 0.2) is 57.2 Å². The Kier molecular flexibility index (Phi) is 4.95. The van der Waals surface area contributed by atoms with E-state index >= 15 is 0 Å². The van der Waals surface area contributed by atoms with Gasteiger partial charge in [-0.2, -0.15) is 13.2 Å². The highest BCUT2D eigenvalue weighted by atomic mass is 32.2. The van der Waals surface area contributed by atoms with Gasteiger partial charge in [-0.15, -0.1) is 0 Å². The number of aldehydes is 1. The van der Waals surface area contributed by atoms with Gasteiger partial charge in [0, 0.05) is 20.2 Å². The SMILES string of the molecule is O=Cc1cc(SC(F)(F)F)ccc1Sc1ccccc1F. The van der Waals surface area contributed by atoms with E-state index in [2.05, 4.69) is 0 Å². The summed E-state index contributed by atoms with van der Waals surface area (Å²) >= 11 is 0.702. The molecule has 0 saturated carbocycles. The van der Waals surface area contributed by atoms with E-state index in [0.29, 0.717) is 16.1 Å². The van der Waals surface area contributed by atoms with Crippen LogP contribution in [0.1, 0.15) is 10.4 Å². The smallest absolute Gasteiger partial charge is 0.298 e. The maximum atomic E-state index is 13.6. The van der Waals surface area contributed by atoms with Gasteiger partial charge < -0.3 is 0 Å². The number of carbonyl (C=O) groups excluding carboxylic acids is 1. The first-order valence-corrected chi connectivity index (χ1v) is 7.30. The van der Waals surface area contributed by atoms with E-state index in [-0.39, 0.29) is 22.2 Å². The van der Waals surface area contributed by atoms with Gasteiger partial charge in [-0.25, -0.2) is 4.39 Å². The van der Waals surface area contributed by atoms with Crippen molar-refractivity contribution in [3.05, 3.63) is 53.8 Å². The third kappa shape index (κ3) is 4.50. The van der Waals surface area contributed by atoms with Crippen molar-refractivity contribution in [3.63, 3.8) is 0 Å². The summed E-state index contributed by atoms with van der Waals surface area (Å²) in [6.07, 6.45) is 0.462. The van der Waals surface area contributed by atoms with Crippen molar-refractivity contribution in [2.45, 2.75) is 20.2 Å². The Bertz CT molecular complexity index is 656. The van der Waals surface area contributed by atoms with Gasteiger partial charge in [0.15, 0.2) is 6.29 Å². The number of rotatable bonds is 4. The van der Waals surface area contributed by atoms with Crippen LogP contribution < -0.4 is 0 Å². The van der Waals surface area contributed by atoms with E-state index in [1.807, 2.05) is 0 Å². The number of halogens is 4. The highest BCUT2D eigenvalue weighted by Gasteiger charge is 2.29. The second-order valence-electron chi connectivity index (χ2n) is 3.90. The molecule has 2 rings (SSSR count). The fourth-order valence-corrected chi connectivity index (χ4v) is 3.05. The van der Waals surface area contributed by atoms with Crippen molar-refractivity contribution in [1.82, 2.24) is 0 Å². The van der Waals surface area contributed by atoms with Gasteiger partial charge in [-0.3, -0.25) is 4.79 Å². The minimum absolute atomic E-state index is 0.0810. The lowest BCUT2D eigenvalue weighted by Crippen LogP contribution is -1.99. The van der Waals surface area contributed by atoms with Crippen LogP contribution in [0.2, 0.25) is 0 Å². The van der Waals surface area contributed by atoms with E-state index in [1.165, 1.54) is 30.3 Å². The van der Waals surface area contributed by atoms with Crippen LogP contribution >= 0.6 is 23.5 Å². The molecule has 0 bridgehead atoms. The van der Waals surface area contributed by atoms with E-state index in [4.69, 9.17) is 0 Å². The molecule has 0 fully saturated rings. The van der Waals surface area contributed by atoms with E-state index in [9.17, 15) is 22.4 Å². The van der Waals surface area contributed by atoms with Crippen molar-refractivity contribution >= 4 is 29.8 Å². The quantitative estimate of drug-likeness (QED) is 0.424. The molecule has 7 heteroatoms. The fourth-order valence-electron chi connectivity index (χ4n) is 1.55. The third-order valence-corrected chi connectivity index (χ3v) is 4.26. The largest absolute Gasteiger partial charge is 0.446 e. The third-order valence-electron chi connectivity index (χ3n) is 2.40. The molecule has 0 aromatic heterocycles. The lowest BCUT2D eigenvalue weighted by atomic mass is 10.2. The number of carbonyl (C=O) groups is 1. The van der Waals surface area contributed by atoms with Crippen LogP contribution in [-0.4, -0.2) is 11.8 Å². The molecule has 2 aromatic carbocycles. The summed E-state index contributed by atoms with van der Waals surface area (Å²) in [5.41, 5.74) is -4.32. The maximum absolute atomic E-state index is 13.6. The summed E-state index contributed by atoms with van der Waals surface area (Å²) in [5, 5.41) is 0. The molecule has 110 valence electrons. The summed E-state index contributed by atoms with van der Waals surface area (Å²) < 4.78 is 50.4. The fraction of sp³-hybridized carbons (Fsp3) is 0.0714. The van der Waals surface area contributed by atoms with Gasteiger partial charge in [-0.05, 0) is 42.1 Å². The lowest BCUT2D eigenvalue weighted by Gasteiger charge is -2.09. The van der Waals surface area contributed by atoms with Crippen molar-refractivity contribution in [3.8, 4) is 0 Å². The van der Waals surface area contributed by atoms with Crippen molar-refractivity contribution in [2.24, 2.45) is 0 Å². The topological polar surface area (TPSA) is 17.1 Å². The molecule has 0 aliphatic rings. The van der Waals surface area contributed by atoms with Gasteiger partial charge in [0.1, 0.15) is 5.82 Å². The maximum Gasteiger partial charge on any atom is 0.446 e. The number of thioether (sulfide) groups is 1. The summed E-state index contributed by atoms with van der Waals surface area (Å²) in [7, 11) is 0. The zero-order chi connectivity index (χ0) is 15.5. The second kappa shape index (κ2) is 6.53. The Morgan fingerprint density at radius 3 is 2.33 bits per heavy atom. The molecule has 0 heterocycles. The minimum atomic E-state index is -4.42. The van der Waals surface area contributed by atoms with Crippen LogP contribution in [0, 0.1) is 5.82 Å². The molecular formula is C14H8F4OS2. The zero-order valence-electron chi connectivity index (χ0n) is 10.4. The molecule has 0 radical (unpaired) electrons. The second-order valence-corrected chi connectivity index (χ2v) is 6.12. The summed E-state index contributed by atoms with van der Waals surface area (Å²) in [5.74, 6) is -0.451. The van der Waals surface area contributed by atoms with Crippen LogP contribution in [0.5, 0.6) is 0 Å². The van der Waals surface area contributed by atoms with Crippen LogP contribution in [0.4, 0.5) is 17.6 Å². The molecule has 0 unspecified atom stereocenters. The van der Waals surface area contributed by atoms with Gasteiger partial charge in [0.2, 0.25) is 0 Å². The highest BCUT2D eigenvalue weighted by molar-refractivity contribution is 8.00. The predicted molar refractivity (Wildman–Crippen MR) is 74.3 cm³/mol. The van der Waals surface area contributed by atoms with Crippen LogP contribution in [-0.2, 0) is 0 Å². The van der Waals surface area contributed by atoms with Gasteiger partial charge in [0.25, 0.3) is 0 Å². The van der Waals surface area contributed by atoms with E-state index in [1.54, 1.807) is 6.07 Å². The summed E-state index contributed by atoms with van der Waals surface area (Å²) in [4.78, 5) is 11.6. The van der Waals surface area contributed by atoms with Crippen molar-refractivity contribution in [2.75, 3.05) is 0 Å². The molecule has 0 saturated heterocycles. The molecular weight excluding hydrogens is 324 g/mol. The lowest BCUT2D eigenvalue weighted by molar-refractivity contribution is -0.0328. The molecule has 0 amide bonds. The Hall–Kier alpha value is -1.47. The van der Waals surface area contributed by atoms with Crippen LogP contribution in [0.25, 0.3) is 0 Å². The zero-order valence-corrected chi connectivity index (χ0v) is 12.0. The molecule has 1 nitrogen and oxygen atoms in total. The number of benzene rings is 2. The number of hydrogen-bond acceptors (Lipinski definition) is 3. The Labute approximate surface area is 126 Å². The first-order valence-electron chi connectivity index (χ1n) is 5.66. The minimum Gasteiger partial charge on any atom is -0.298 e. The monoisotopic (exact) mass is 332 g/mol. The predicted octanol–water partition coefficient (Wildman–Crippen LogP) is 5.40. The molecule has 21 heavy (non-hydrogen) atoms. The Morgan fingerprint density at radius 2 is 1.71 bits per heavy atom. The normalized spacial score (nSPS) is 11.4. The Morgan fingerprint density at radius 1 is 1.00 bits per heavy atom. The average Bonchev–Trinajstić information content (AvgIpc) is 2.41. The summed E-state index contributed by atoms with van der Waals surface area (Å²) in [6.45, 7) is 0. The van der Waals surface area contributed by atoms with Gasteiger partial charge >= 0.3 is 5.51 Å². The van der Waals surface area contributed by atoms with Crippen LogP contribution in [0.3, 0.4) is 0 Å². The number of hydrogen-bond donors (Lipinski definition) is 0. The Balaban J connectivity index is 2.29. The molecule has 0 aliphatic carbocycles.